The Balaban J connectivity index is 1.76. The number of carboxylic acids is 1. The number of halogens is 3. The third-order valence-corrected chi connectivity index (χ3v) is 3.89. The van der Waals surface area contributed by atoms with Gasteiger partial charge in [-0.3, -0.25) is 4.68 Å². The van der Waals surface area contributed by atoms with Crippen LogP contribution in [-0.2, 0) is 16.5 Å². The largest absolute Gasteiger partial charge is 0.490 e. The molecule has 23 heavy (non-hydrogen) atoms. The van der Waals surface area contributed by atoms with Crippen molar-refractivity contribution in [3.63, 3.8) is 0 Å². The average molecular weight is 326 g/mol. The van der Waals surface area contributed by atoms with Gasteiger partial charge < -0.3 is 9.84 Å². The number of hydrogen-bond donors (Lipinski definition) is 1. The number of ether oxygens (including phenoxy) is 1. The SMILES string of the molecule is O=C(O)C1(n2ccc(C(F)(F)F)n2)CC(Oc2ccccc2)C1. The van der Waals surface area contributed by atoms with E-state index in [0.717, 1.165) is 16.9 Å². The van der Waals surface area contributed by atoms with Crippen LogP contribution in [0.25, 0.3) is 0 Å². The molecule has 0 atom stereocenters. The number of aromatic nitrogens is 2. The van der Waals surface area contributed by atoms with Gasteiger partial charge in [-0.15, -0.1) is 0 Å². The van der Waals surface area contributed by atoms with E-state index in [2.05, 4.69) is 5.10 Å². The Bertz CT molecular complexity index is 706. The lowest BCUT2D eigenvalue weighted by Gasteiger charge is -2.43. The number of carbonyl (C=O) groups is 1. The van der Waals surface area contributed by atoms with Crippen molar-refractivity contribution in [2.45, 2.75) is 30.7 Å². The smallest absolute Gasteiger partial charge is 0.435 e. The predicted octanol–water partition coefficient (Wildman–Crippen LogP) is 2.92. The number of para-hydroxylation sites is 1. The molecule has 1 aliphatic carbocycles. The average Bonchev–Trinajstić information content (AvgIpc) is 2.93. The van der Waals surface area contributed by atoms with E-state index in [-0.39, 0.29) is 18.9 Å². The van der Waals surface area contributed by atoms with Crippen molar-refractivity contribution in [2.75, 3.05) is 0 Å². The summed E-state index contributed by atoms with van der Waals surface area (Å²) in [6, 6.07) is 9.61. The molecule has 0 unspecified atom stereocenters. The molecule has 1 saturated carbocycles. The first-order valence-corrected chi connectivity index (χ1v) is 6.90. The molecule has 1 heterocycles. The number of carboxylic acid groups (broad SMARTS) is 1. The van der Waals surface area contributed by atoms with E-state index in [1.807, 2.05) is 6.07 Å². The van der Waals surface area contributed by atoms with Gasteiger partial charge in [0.25, 0.3) is 0 Å². The monoisotopic (exact) mass is 326 g/mol. The molecule has 0 bridgehead atoms. The second-order valence-corrected chi connectivity index (χ2v) is 5.44. The Morgan fingerprint density at radius 3 is 2.43 bits per heavy atom. The van der Waals surface area contributed by atoms with Crippen LogP contribution >= 0.6 is 0 Å². The van der Waals surface area contributed by atoms with E-state index in [1.165, 1.54) is 0 Å². The topological polar surface area (TPSA) is 64.3 Å². The van der Waals surface area contributed by atoms with Gasteiger partial charge in [-0.25, -0.2) is 4.79 Å². The molecule has 1 N–H and O–H groups in total. The molecule has 0 aliphatic heterocycles. The molecular weight excluding hydrogens is 313 g/mol. The number of alkyl halides is 3. The molecule has 1 aromatic carbocycles. The predicted molar refractivity (Wildman–Crippen MR) is 72.9 cm³/mol. The highest BCUT2D eigenvalue weighted by molar-refractivity contribution is 5.78. The first-order chi connectivity index (χ1) is 10.8. The van der Waals surface area contributed by atoms with Crippen LogP contribution in [0.1, 0.15) is 18.5 Å². The Morgan fingerprint density at radius 1 is 1.26 bits per heavy atom. The summed E-state index contributed by atoms with van der Waals surface area (Å²) in [6.07, 6.45) is -3.83. The zero-order chi connectivity index (χ0) is 16.7. The van der Waals surface area contributed by atoms with Gasteiger partial charge in [0, 0.05) is 19.0 Å². The summed E-state index contributed by atoms with van der Waals surface area (Å²) in [4.78, 5) is 11.6. The molecule has 1 aliphatic rings. The van der Waals surface area contributed by atoms with Crippen LogP contribution in [0.4, 0.5) is 13.2 Å². The quantitative estimate of drug-likeness (QED) is 0.938. The molecule has 0 saturated heterocycles. The molecule has 1 aromatic heterocycles. The van der Waals surface area contributed by atoms with Crippen molar-refractivity contribution in [1.29, 1.82) is 0 Å². The van der Waals surface area contributed by atoms with Gasteiger partial charge in [0.15, 0.2) is 11.2 Å². The zero-order valence-corrected chi connectivity index (χ0v) is 11.8. The molecular formula is C15H13F3N2O3. The molecule has 8 heteroatoms. The lowest BCUT2D eigenvalue weighted by Crippen LogP contribution is -2.57. The Hall–Kier alpha value is -2.51. The van der Waals surface area contributed by atoms with Crippen LogP contribution in [0.15, 0.2) is 42.6 Å². The Morgan fingerprint density at radius 2 is 1.91 bits per heavy atom. The maximum Gasteiger partial charge on any atom is 0.435 e. The number of benzene rings is 1. The van der Waals surface area contributed by atoms with Crippen LogP contribution in [-0.4, -0.2) is 27.0 Å². The first-order valence-electron chi connectivity index (χ1n) is 6.90. The van der Waals surface area contributed by atoms with E-state index in [9.17, 15) is 23.1 Å². The zero-order valence-electron chi connectivity index (χ0n) is 11.8. The molecule has 2 aromatic rings. The van der Waals surface area contributed by atoms with Gasteiger partial charge in [-0.05, 0) is 18.2 Å². The van der Waals surface area contributed by atoms with Crippen molar-refractivity contribution in [1.82, 2.24) is 9.78 Å². The summed E-state index contributed by atoms with van der Waals surface area (Å²) < 4.78 is 44.4. The number of hydrogen-bond acceptors (Lipinski definition) is 3. The van der Waals surface area contributed by atoms with Gasteiger partial charge in [-0.2, -0.15) is 18.3 Å². The minimum atomic E-state index is -4.60. The highest BCUT2D eigenvalue weighted by atomic mass is 19.4. The molecule has 0 radical (unpaired) electrons. The lowest BCUT2D eigenvalue weighted by molar-refractivity contribution is -0.161. The fourth-order valence-electron chi connectivity index (χ4n) is 2.64. The number of rotatable bonds is 4. The molecule has 3 rings (SSSR count). The minimum absolute atomic E-state index is 0.0518. The van der Waals surface area contributed by atoms with Crippen LogP contribution < -0.4 is 4.74 Å². The van der Waals surface area contributed by atoms with Crippen LogP contribution in [0.3, 0.4) is 0 Å². The third kappa shape index (κ3) is 2.76. The van der Waals surface area contributed by atoms with Gasteiger partial charge in [0.2, 0.25) is 0 Å². The van der Waals surface area contributed by atoms with E-state index in [1.54, 1.807) is 24.3 Å². The van der Waals surface area contributed by atoms with Crippen LogP contribution in [0.2, 0.25) is 0 Å². The maximum atomic E-state index is 12.6. The van der Waals surface area contributed by atoms with E-state index >= 15 is 0 Å². The van der Waals surface area contributed by atoms with E-state index in [4.69, 9.17) is 4.74 Å². The number of aliphatic carboxylic acids is 1. The standard InChI is InChI=1S/C15H13F3N2O3/c16-15(17,18)12-6-7-20(19-12)14(13(21)22)8-11(9-14)23-10-4-2-1-3-5-10/h1-7,11H,8-9H2,(H,21,22). The molecule has 0 spiro atoms. The molecule has 122 valence electrons. The van der Waals surface area contributed by atoms with Crippen LogP contribution in [0.5, 0.6) is 5.75 Å². The summed E-state index contributed by atoms with van der Waals surface area (Å²) in [5, 5.41) is 12.8. The van der Waals surface area contributed by atoms with E-state index in [0.29, 0.717) is 5.75 Å². The van der Waals surface area contributed by atoms with Gasteiger partial charge in [-0.1, -0.05) is 18.2 Å². The second-order valence-electron chi connectivity index (χ2n) is 5.44. The van der Waals surface area contributed by atoms with Crippen molar-refractivity contribution in [2.24, 2.45) is 0 Å². The van der Waals surface area contributed by atoms with Gasteiger partial charge in [0.05, 0.1) is 0 Å². The molecule has 0 amide bonds. The van der Waals surface area contributed by atoms with Crippen molar-refractivity contribution < 1.29 is 27.8 Å². The summed E-state index contributed by atoms with van der Waals surface area (Å²) >= 11 is 0. The highest BCUT2D eigenvalue weighted by Gasteiger charge is 2.55. The third-order valence-electron chi connectivity index (χ3n) is 3.89. The fraction of sp³-hybridized carbons (Fsp3) is 0.333. The summed E-state index contributed by atoms with van der Waals surface area (Å²) in [7, 11) is 0. The first kappa shape index (κ1) is 15.4. The summed E-state index contributed by atoms with van der Waals surface area (Å²) in [5.74, 6) is -0.629. The lowest BCUT2D eigenvalue weighted by atomic mass is 9.74. The summed E-state index contributed by atoms with van der Waals surface area (Å²) in [5.41, 5.74) is -2.60. The Kier molecular flexibility index (Phi) is 3.54. The van der Waals surface area contributed by atoms with E-state index < -0.39 is 23.4 Å². The van der Waals surface area contributed by atoms with Gasteiger partial charge >= 0.3 is 12.1 Å². The second kappa shape index (κ2) is 5.29. The van der Waals surface area contributed by atoms with Crippen molar-refractivity contribution in [3.05, 3.63) is 48.3 Å². The maximum absolute atomic E-state index is 12.6. The fourth-order valence-corrected chi connectivity index (χ4v) is 2.64. The summed E-state index contributed by atoms with van der Waals surface area (Å²) in [6.45, 7) is 0. The van der Waals surface area contributed by atoms with Crippen molar-refractivity contribution in [3.8, 4) is 5.75 Å². The number of nitrogens with zero attached hydrogens (tertiary/aromatic N) is 2. The van der Waals surface area contributed by atoms with Crippen LogP contribution in [0, 0.1) is 0 Å². The highest BCUT2D eigenvalue weighted by Crippen LogP contribution is 2.42. The Labute approximate surface area is 129 Å². The normalized spacial score (nSPS) is 24.0. The molecule has 5 nitrogen and oxygen atoms in total. The molecule has 1 fully saturated rings. The minimum Gasteiger partial charge on any atom is -0.490 e. The van der Waals surface area contributed by atoms with Gasteiger partial charge in [0.1, 0.15) is 11.9 Å². The van der Waals surface area contributed by atoms with Crippen molar-refractivity contribution >= 4 is 5.97 Å².